The van der Waals surface area contributed by atoms with Crippen molar-refractivity contribution in [3.05, 3.63) is 70.7 Å². The van der Waals surface area contributed by atoms with E-state index in [0.29, 0.717) is 23.0 Å². The summed E-state index contributed by atoms with van der Waals surface area (Å²) in [7, 11) is 1.33. The molecule has 0 aliphatic carbocycles. The van der Waals surface area contributed by atoms with Crippen LogP contribution in [0.25, 0.3) is 0 Å². The molecule has 0 aromatic heterocycles. The van der Waals surface area contributed by atoms with Crippen LogP contribution in [0.5, 0.6) is 0 Å². The summed E-state index contributed by atoms with van der Waals surface area (Å²) in [5, 5.41) is 6.33. The zero-order valence-electron chi connectivity index (χ0n) is 17.9. The van der Waals surface area contributed by atoms with E-state index >= 15 is 0 Å². The molecular weight excluding hydrogens is 414 g/mol. The molecule has 7 heteroatoms. The predicted molar refractivity (Wildman–Crippen MR) is 122 cm³/mol. The molecule has 6 nitrogen and oxygen atoms in total. The molecule has 0 bridgehead atoms. The van der Waals surface area contributed by atoms with E-state index in [-0.39, 0.29) is 12.5 Å². The summed E-state index contributed by atoms with van der Waals surface area (Å²) in [5.41, 5.74) is 2.04. The van der Waals surface area contributed by atoms with Gasteiger partial charge in [0.05, 0.1) is 19.6 Å². The van der Waals surface area contributed by atoms with Crippen LogP contribution in [-0.4, -0.2) is 50.2 Å². The topological polar surface area (TPSA) is 70.7 Å². The van der Waals surface area contributed by atoms with Crippen LogP contribution in [0, 0.1) is 5.92 Å². The molecule has 2 aromatic carbocycles. The summed E-state index contributed by atoms with van der Waals surface area (Å²) < 4.78 is 4.77. The molecule has 0 radical (unpaired) electrons. The van der Waals surface area contributed by atoms with E-state index in [4.69, 9.17) is 16.3 Å². The first-order valence-corrected chi connectivity index (χ1v) is 11.0. The van der Waals surface area contributed by atoms with Crippen molar-refractivity contribution in [2.24, 2.45) is 5.92 Å². The standard InChI is InChI=1S/C24H30ClN3O3/c1-31-23(29)15-22(20-9-5-6-10-21(20)25)27-24(30)26-16-19-12-14-28(17-19)13-11-18-7-3-2-4-8-18/h2-10,19,22H,11-17H2,1H3,(H2,26,27,30). The van der Waals surface area contributed by atoms with E-state index in [2.05, 4.69) is 39.8 Å². The largest absolute Gasteiger partial charge is 0.469 e. The Balaban J connectivity index is 1.45. The summed E-state index contributed by atoms with van der Waals surface area (Å²) >= 11 is 6.27. The van der Waals surface area contributed by atoms with Gasteiger partial charge in [0, 0.05) is 24.7 Å². The van der Waals surface area contributed by atoms with Crippen molar-refractivity contribution in [1.29, 1.82) is 0 Å². The summed E-state index contributed by atoms with van der Waals surface area (Å²) in [6.45, 7) is 3.65. The Morgan fingerprint density at radius 3 is 2.65 bits per heavy atom. The zero-order chi connectivity index (χ0) is 22.1. The Morgan fingerprint density at radius 1 is 1.16 bits per heavy atom. The van der Waals surface area contributed by atoms with Crippen molar-refractivity contribution in [1.82, 2.24) is 15.5 Å². The fourth-order valence-corrected chi connectivity index (χ4v) is 4.17. The third-order valence-electron chi connectivity index (χ3n) is 5.67. The molecule has 166 valence electrons. The summed E-state index contributed by atoms with van der Waals surface area (Å²) in [6.07, 6.45) is 2.12. The monoisotopic (exact) mass is 443 g/mol. The number of ether oxygens (including phenoxy) is 1. The Labute approximate surface area is 188 Å². The van der Waals surface area contributed by atoms with Gasteiger partial charge in [-0.05, 0) is 42.5 Å². The van der Waals surface area contributed by atoms with E-state index in [0.717, 1.165) is 32.5 Å². The van der Waals surface area contributed by atoms with Crippen molar-refractivity contribution >= 4 is 23.6 Å². The number of urea groups is 1. The molecule has 31 heavy (non-hydrogen) atoms. The maximum absolute atomic E-state index is 12.5. The smallest absolute Gasteiger partial charge is 0.315 e. The first-order chi connectivity index (χ1) is 15.0. The number of rotatable bonds is 9. The number of hydrogen-bond acceptors (Lipinski definition) is 4. The van der Waals surface area contributed by atoms with Crippen molar-refractivity contribution < 1.29 is 14.3 Å². The summed E-state index contributed by atoms with van der Waals surface area (Å²) in [6, 6.07) is 16.8. The van der Waals surface area contributed by atoms with Crippen molar-refractivity contribution in [3.8, 4) is 0 Å². The maximum Gasteiger partial charge on any atom is 0.315 e. The number of carbonyl (C=O) groups excluding carboxylic acids is 2. The van der Waals surface area contributed by atoms with Gasteiger partial charge in [-0.3, -0.25) is 4.79 Å². The minimum atomic E-state index is -0.549. The van der Waals surface area contributed by atoms with Gasteiger partial charge in [0.15, 0.2) is 0 Å². The lowest BCUT2D eigenvalue weighted by Gasteiger charge is -2.21. The van der Waals surface area contributed by atoms with Crippen LogP contribution in [0.15, 0.2) is 54.6 Å². The van der Waals surface area contributed by atoms with Crippen molar-refractivity contribution in [2.75, 3.05) is 33.3 Å². The van der Waals surface area contributed by atoms with Crippen LogP contribution in [0.3, 0.4) is 0 Å². The van der Waals surface area contributed by atoms with Gasteiger partial charge >= 0.3 is 12.0 Å². The molecule has 3 rings (SSSR count). The van der Waals surface area contributed by atoms with Gasteiger partial charge in [-0.25, -0.2) is 4.79 Å². The van der Waals surface area contributed by atoms with Gasteiger partial charge in [-0.15, -0.1) is 0 Å². The number of amides is 2. The second-order valence-electron chi connectivity index (χ2n) is 7.90. The number of nitrogens with one attached hydrogen (secondary N) is 2. The molecule has 0 spiro atoms. The van der Waals surface area contributed by atoms with Crippen LogP contribution < -0.4 is 10.6 Å². The van der Waals surface area contributed by atoms with E-state index in [1.807, 2.05) is 18.2 Å². The Morgan fingerprint density at radius 2 is 1.90 bits per heavy atom. The highest BCUT2D eigenvalue weighted by molar-refractivity contribution is 6.31. The number of halogens is 1. The molecule has 1 heterocycles. The minimum Gasteiger partial charge on any atom is -0.469 e. The fourth-order valence-electron chi connectivity index (χ4n) is 3.91. The third-order valence-corrected chi connectivity index (χ3v) is 6.01. The minimum absolute atomic E-state index is 0.0182. The number of carbonyl (C=O) groups is 2. The lowest BCUT2D eigenvalue weighted by atomic mass is 10.0. The number of benzene rings is 2. The molecule has 1 fully saturated rings. The Hall–Kier alpha value is -2.57. The molecule has 2 atom stereocenters. The molecule has 1 aliphatic rings. The Kier molecular flexibility index (Phi) is 8.74. The molecule has 2 unspecified atom stereocenters. The van der Waals surface area contributed by atoms with Crippen LogP contribution >= 0.6 is 11.6 Å². The average Bonchev–Trinajstić information content (AvgIpc) is 3.25. The molecule has 1 aliphatic heterocycles. The van der Waals surface area contributed by atoms with Gasteiger partial charge in [0.1, 0.15) is 0 Å². The third kappa shape index (κ3) is 7.26. The van der Waals surface area contributed by atoms with Crippen LogP contribution in [0.1, 0.15) is 30.0 Å². The van der Waals surface area contributed by atoms with Crippen LogP contribution in [0.2, 0.25) is 5.02 Å². The number of esters is 1. The molecule has 0 saturated carbocycles. The van der Waals surface area contributed by atoms with Crippen molar-refractivity contribution in [2.45, 2.75) is 25.3 Å². The highest BCUT2D eigenvalue weighted by atomic mass is 35.5. The normalized spacial score (nSPS) is 17.2. The van der Waals surface area contributed by atoms with Gasteiger partial charge in [-0.1, -0.05) is 60.1 Å². The van der Waals surface area contributed by atoms with Gasteiger partial charge in [0.2, 0.25) is 0 Å². The van der Waals surface area contributed by atoms with Gasteiger partial charge < -0.3 is 20.3 Å². The van der Waals surface area contributed by atoms with E-state index in [1.165, 1.54) is 12.7 Å². The number of likely N-dealkylation sites (tertiary alicyclic amines) is 1. The SMILES string of the molecule is COC(=O)CC(NC(=O)NCC1CCN(CCc2ccccc2)C1)c1ccccc1Cl. The lowest BCUT2D eigenvalue weighted by Crippen LogP contribution is -2.41. The van der Waals surface area contributed by atoms with Gasteiger partial charge in [-0.2, -0.15) is 0 Å². The molecule has 2 amide bonds. The highest BCUT2D eigenvalue weighted by Crippen LogP contribution is 2.25. The first-order valence-electron chi connectivity index (χ1n) is 10.7. The highest BCUT2D eigenvalue weighted by Gasteiger charge is 2.24. The molecule has 2 aromatic rings. The average molecular weight is 444 g/mol. The van der Waals surface area contributed by atoms with Crippen LogP contribution in [0.4, 0.5) is 4.79 Å². The van der Waals surface area contributed by atoms with E-state index in [1.54, 1.807) is 12.1 Å². The first kappa shape index (κ1) is 23.1. The second-order valence-corrected chi connectivity index (χ2v) is 8.31. The molecule has 1 saturated heterocycles. The number of methoxy groups -OCH3 is 1. The van der Waals surface area contributed by atoms with E-state index < -0.39 is 12.0 Å². The Bertz CT molecular complexity index is 862. The van der Waals surface area contributed by atoms with Crippen molar-refractivity contribution in [3.63, 3.8) is 0 Å². The predicted octanol–water partition coefficient (Wildman–Crippen LogP) is 3.81. The quantitative estimate of drug-likeness (QED) is 0.578. The number of hydrogen-bond donors (Lipinski definition) is 2. The van der Waals surface area contributed by atoms with E-state index in [9.17, 15) is 9.59 Å². The zero-order valence-corrected chi connectivity index (χ0v) is 18.6. The molecular formula is C24H30ClN3O3. The van der Waals surface area contributed by atoms with Gasteiger partial charge in [0.25, 0.3) is 0 Å². The second kappa shape index (κ2) is 11.7. The fraction of sp³-hybridized carbons (Fsp3) is 0.417. The number of nitrogens with zero attached hydrogens (tertiary/aromatic N) is 1. The summed E-state index contributed by atoms with van der Waals surface area (Å²) in [4.78, 5) is 26.8. The maximum atomic E-state index is 12.5. The molecule has 2 N–H and O–H groups in total. The van der Waals surface area contributed by atoms with Crippen LogP contribution in [-0.2, 0) is 16.0 Å². The lowest BCUT2D eigenvalue weighted by molar-refractivity contribution is -0.141. The summed E-state index contributed by atoms with van der Waals surface area (Å²) in [5.74, 6) is 0.0102.